The van der Waals surface area contributed by atoms with Crippen LogP contribution in [0.2, 0.25) is 0 Å². The maximum Gasteiger partial charge on any atom is 0.262 e. The van der Waals surface area contributed by atoms with Crippen molar-refractivity contribution in [1.82, 2.24) is 9.97 Å². The maximum absolute atomic E-state index is 12.6. The predicted octanol–water partition coefficient (Wildman–Crippen LogP) is 1.42. The van der Waals surface area contributed by atoms with Crippen LogP contribution in [0.25, 0.3) is 0 Å². The second-order valence-corrected chi connectivity index (χ2v) is 7.16. The molecule has 1 heterocycles. The van der Waals surface area contributed by atoms with Gasteiger partial charge in [-0.1, -0.05) is 6.07 Å². The van der Waals surface area contributed by atoms with E-state index in [9.17, 15) is 8.42 Å². The topological polar surface area (TPSA) is 87.7 Å². The fraction of sp³-hybridized carbons (Fsp3) is 0.333. The number of hydrogen-bond acceptors (Lipinski definition) is 7. The lowest BCUT2D eigenvalue weighted by molar-refractivity contribution is 0.413. The lowest BCUT2D eigenvalue weighted by Crippen LogP contribution is -2.21. The minimum absolute atomic E-state index is 0.100. The first kappa shape index (κ1) is 17.8. The number of methoxy groups -OCH3 is 1. The number of anilines is 3. The van der Waals surface area contributed by atoms with E-state index in [0.717, 1.165) is 0 Å². The number of rotatable bonds is 6. The van der Waals surface area contributed by atoms with E-state index in [4.69, 9.17) is 4.74 Å². The Balaban J connectivity index is 2.42. The van der Waals surface area contributed by atoms with Gasteiger partial charge < -0.3 is 14.5 Å². The summed E-state index contributed by atoms with van der Waals surface area (Å²) in [7, 11) is 4.89. The van der Waals surface area contributed by atoms with Gasteiger partial charge in [0.25, 0.3) is 10.0 Å². The predicted molar refractivity (Wildman–Crippen MR) is 94.5 cm³/mol. The van der Waals surface area contributed by atoms with E-state index >= 15 is 0 Å². The Morgan fingerprint density at radius 3 is 2.42 bits per heavy atom. The second-order valence-electron chi connectivity index (χ2n) is 5.48. The summed E-state index contributed by atoms with van der Waals surface area (Å²) in [6.07, 6.45) is 1.45. The van der Waals surface area contributed by atoms with Crippen molar-refractivity contribution < 1.29 is 13.2 Å². The smallest absolute Gasteiger partial charge is 0.262 e. The summed E-state index contributed by atoms with van der Waals surface area (Å²) in [6.45, 7) is 0. The van der Waals surface area contributed by atoms with Crippen LogP contribution in [0.3, 0.4) is 0 Å². The van der Waals surface area contributed by atoms with Gasteiger partial charge in [-0.2, -0.15) is 4.98 Å². The highest BCUT2D eigenvalue weighted by molar-refractivity contribution is 7.92. The maximum atomic E-state index is 12.6. The van der Waals surface area contributed by atoms with Crippen LogP contribution in [0.4, 0.5) is 17.5 Å². The van der Waals surface area contributed by atoms with Crippen molar-refractivity contribution in [3.8, 4) is 5.75 Å². The highest BCUT2D eigenvalue weighted by atomic mass is 32.2. The summed E-state index contributed by atoms with van der Waals surface area (Å²) in [5.74, 6) is 1.42. The van der Waals surface area contributed by atoms with Gasteiger partial charge in [-0.3, -0.25) is 4.72 Å². The largest absolute Gasteiger partial charge is 0.497 e. The molecule has 0 bridgehead atoms. The van der Waals surface area contributed by atoms with Crippen LogP contribution < -0.4 is 19.3 Å². The molecule has 2 aromatic rings. The van der Waals surface area contributed by atoms with Crippen LogP contribution in [0, 0.1) is 0 Å². The van der Waals surface area contributed by atoms with Gasteiger partial charge in [0.2, 0.25) is 5.95 Å². The van der Waals surface area contributed by atoms with Crippen molar-refractivity contribution in [3.63, 3.8) is 0 Å². The first-order valence-corrected chi connectivity index (χ1v) is 8.61. The van der Waals surface area contributed by atoms with Gasteiger partial charge in [0, 0.05) is 34.3 Å². The van der Waals surface area contributed by atoms with Crippen molar-refractivity contribution in [2.45, 2.75) is 4.90 Å². The molecule has 0 aliphatic carbocycles. The molecule has 0 spiro atoms. The van der Waals surface area contributed by atoms with Gasteiger partial charge in [0.1, 0.15) is 11.4 Å². The van der Waals surface area contributed by atoms with Crippen LogP contribution >= 0.6 is 0 Å². The van der Waals surface area contributed by atoms with Crippen LogP contribution in [-0.2, 0) is 10.0 Å². The molecule has 24 heavy (non-hydrogen) atoms. The molecule has 1 aromatic heterocycles. The van der Waals surface area contributed by atoms with E-state index in [-0.39, 0.29) is 4.90 Å². The fourth-order valence-corrected chi connectivity index (χ4v) is 3.04. The second kappa shape index (κ2) is 6.91. The molecular weight excluding hydrogens is 330 g/mol. The van der Waals surface area contributed by atoms with Gasteiger partial charge in [0.05, 0.1) is 18.2 Å². The van der Waals surface area contributed by atoms with E-state index in [1.807, 2.05) is 14.1 Å². The van der Waals surface area contributed by atoms with Gasteiger partial charge >= 0.3 is 0 Å². The molecule has 0 radical (unpaired) electrons. The Labute approximate surface area is 142 Å². The molecule has 0 fully saturated rings. The van der Waals surface area contributed by atoms with Crippen LogP contribution in [0.5, 0.6) is 5.75 Å². The molecule has 9 heteroatoms. The molecule has 0 saturated carbocycles. The molecule has 0 amide bonds. The summed E-state index contributed by atoms with van der Waals surface area (Å²) >= 11 is 0. The lowest BCUT2D eigenvalue weighted by Gasteiger charge is -2.19. The highest BCUT2D eigenvalue weighted by Gasteiger charge is 2.19. The first-order valence-electron chi connectivity index (χ1n) is 7.13. The van der Waals surface area contributed by atoms with Gasteiger partial charge in [-0.15, -0.1) is 0 Å². The number of nitrogens with zero attached hydrogens (tertiary/aromatic N) is 4. The lowest BCUT2D eigenvalue weighted by atomic mass is 10.3. The number of nitrogens with one attached hydrogen (secondary N) is 1. The quantitative estimate of drug-likeness (QED) is 0.842. The van der Waals surface area contributed by atoms with E-state index in [1.165, 1.54) is 25.4 Å². The number of ether oxygens (including phenoxy) is 1. The van der Waals surface area contributed by atoms with Crippen molar-refractivity contribution in [1.29, 1.82) is 0 Å². The Hall–Kier alpha value is -2.55. The minimum Gasteiger partial charge on any atom is -0.497 e. The average Bonchev–Trinajstić information content (AvgIpc) is 2.54. The van der Waals surface area contributed by atoms with Gasteiger partial charge in [-0.25, -0.2) is 13.4 Å². The molecule has 2 rings (SSSR count). The van der Waals surface area contributed by atoms with E-state index in [0.29, 0.717) is 23.2 Å². The summed E-state index contributed by atoms with van der Waals surface area (Å²) in [6, 6.07) is 6.24. The van der Waals surface area contributed by atoms with Crippen molar-refractivity contribution in [2.75, 3.05) is 49.8 Å². The molecule has 0 unspecified atom stereocenters. The van der Waals surface area contributed by atoms with Crippen LogP contribution in [0.1, 0.15) is 0 Å². The number of aromatic nitrogens is 2. The van der Waals surface area contributed by atoms with Crippen molar-refractivity contribution in [3.05, 3.63) is 30.5 Å². The molecule has 0 saturated heterocycles. The molecule has 1 N–H and O–H groups in total. The zero-order chi connectivity index (χ0) is 17.9. The number of sulfonamides is 1. The van der Waals surface area contributed by atoms with E-state index in [1.54, 1.807) is 36.0 Å². The minimum atomic E-state index is -3.79. The number of hydrogen-bond donors (Lipinski definition) is 1. The van der Waals surface area contributed by atoms with Crippen LogP contribution in [-0.4, -0.2) is 53.7 Å². The fourth-order valence-electron chi connectivity index (χ4n) is 1.96. The van der Waals surface area contributed by atoms with Gasteiger partial charge in [-0.05, 0) is 12.1 Å². The summed E-state index contributed by atoms with van der Waals surface area (Å²) in [5.41, 5.74) is 0.299. The van der Waals surface area contributed by atoms with Crippen LogP contribution in [0.15, 0.2) is 35.4 Å². The highest BCUT2D eigenvalue weighted by Crippen LogP contribution is 2.26. The molecule has 0 aliphatic rings. The zero-order valence-electron chi connectivity index (χ0n) is 14.3. The monoisotopic (exact) mass is 351 g/mol. The Morgan fingerprint density at radius 1 is 1.12 bits per heavy atom. The molecule has 1 aromatic carbocycles. The SMILES string of the molecule is COc1cccc(S(=O)(=O)Nc2cnc(N(C)C)nc2N(C)C)c1. The summed E-state index contributed by atoms with van der Waals surface area (Å²) < 4.78 is 32.8. The standard InChI is InChI=1S/C15H21N5O3S/c1-19(2)14-13(10-16-15(17-14)20(3)4)18-24(21,22)12-8-6-7-11(9-12)23-5/h6-10,18H,1-5H3. The molecule has 130 valence electrons. The number of benzene rings is 1. The van der Waals surface area contributed by atoms with Crippen molar-refractivity contribution in [2.24, 2.45) is 0 Å². The Kier molecular flexibility index (Phi) is 5.13. The van der Waals surface area contributed by atoms with Gasteiger partial charge in [0.15, 0.2) is 5.82 Å². The third kappa shape index (κ3) is 3.85. The average molecular weight is 351 g/mol. The van der Waals surface area contributed by atoms with Crippen molar-refractivity contribution >= 4 is 27.5 Å². The zero-order valence-corrected chi connectivity index (χ0v) is 15.1. The van der Waals surface area contributed by atoms with E-state index < -0.39 is 10.0 Å². The Morgan fingerprint density at radius 2 is 1.83 bits per heavy atom. The third-order valence-corrected chi connectivity index (χ3v) is 4.54. The summed E-state index contributed by atoms with van der Waals surface area (Å²) in [4.78, 5) is 12.1. The third-order valence-electron chi connectivity index (χ3n) is 3.18. The summed E-state index contributed by atoms with van der Waals surface area (Å²) in [5, 5.41) is 0. The molecule has 0 aliphatic heterocycles. The van der Waals surface area contributed by atoms with E-state index in [2.05, 4.69) is 14.7 Å². The Bertz CT molecular complexity index is 822. The molecule has 0 atom stereocenters. The normalized spacial score (nSPS) is 11.0. The first-order chi connectivity index (χ1) is 11.2. The molecule has 8 nitrogen and oxygen atoms in total. The molecular formula is C15H21N5O3S.